The van der Waals surface area contributed by atoms with Crippen LogP contribution in [0, 0.1) is 11.7 Å². The average Bonchev–Trinajstić information content (AvgIpc) is 3.05. The fraction of sp³-hybridized carbons (Fsp3) is 0.333. The molecule has 0 amide bonds. The molecule has 23 heavy (non-hydrogen) atoms. The van der Waals surface area contributed by atoms with Gasteiger partial charge in [0.05, 0.1) is 6.04 Å². The van der Waals surface area contributed by atoms with Crippen molar-refractivity contribution in [1.82, 2.24) is 16.2 Å². The van der Waals surface area contributed by atoms with Crippen molar-refractivity contribution in [3.63, 3.8) is 0 Å². The SMILES string of the molecule is Fc1ccc(C2NNCC2CNCCOc2ccccc2)cc1. The van der Waals surface area contributed by atoms with Crippen LogP contribution in [0.2, 0.25) is 0 Å². The largest absolute Gasteiger partial charge is 0.492 e. The topological polar surface area (TPSA) is 45.3 Å². The summed E-state index contributed by atoms with van der Waals surface area (Å²) in [7, 11) is 0. The maximum atomic E-state index is 13.0. The first-order valence-corrected chi connectivity index (χ1v) is 7.95. The Bertz CT molecular complexity index is 591. The summed E-state index contributed by atoms with van der Waals surface area (Å²) < 4.78 is 18.7. The van der Waals surface area contributed by atoms with E-state index in [1.54, 1.807) is 0 Å². The molecule has 2 atom stereocenters. The quantitative estimate of drug-likeness (QED) is 0.686. The van der Waals surface area contributed by atoms with E-state index < -0.39 is 0 Å². The van der Waals surface area contributed by atoms with Crippen molar-refractivity contribution in [1.29, 1.82) is 0 Å². The maximum Gasteiger partial charge on any atom is 0.123 e. The van der Waals surface area contributed by atoms with Crippen LogP contribution in [0.3, 0.4) is 0 Å². The zero-order valence-electron chi connectivity index (χ0n) is 13.0. The van der Waals surface area contributed by atoms with Crippen LogP contribution in [0.15, 0.2) is 54.6 Å². The van der Waals surface area contributed by atoms with Crippen LogP contribution in [0.25, 0.3) is 0 Å². The number of benzene rings is 2. The third-order valence-corrected chi connectivity index (χ3v) is 4.02. The Morgan fingerprint density at radius 1 is 1.09 bits per heavy atom. The molecule has 0 aromatic heterocycles. The van der Waals surface area contributed by atoms with Crippen molar-refractivity contribution in [2.75, 3.05) is 26.2 Å². The van der Waals surface area contributed by atoms with Crippen molar-refractivity contribution < 1.29 is 9.13 Å². The molecule has 1 fully saturated rings. The van der Waals surface area contributed by atoms with Crippen LogP contribution in [0.4, 0.5) is 4.39 Å². The molecule has 0 aliphatic carbocycles. The van der Waals surface area contributed by atoms with Gasteiger partial charge in [-0.3, -0.25) is 5.43 Å². The normalized spacial score (nSPS) is 20.6. The van der Waals surface area contributed by atoms with E-state index in [-0.39, 0.29) is 11.9 Å². The molecule has 0 spiro atoms. The Morgan fingerprint density at radius 2 is 1.87 bits per heavy atom. The number of hydrogen-bond donors (Lipinski definition) is 3. The van der Waals surface area contributed by atoms with Gasteiger partial charge in [0.2, 0.25) is 0 Å². The van der Waals surface area contributed by atoms with Gasteiger partial charge in [0.25, 0.3) is 0 Å². The summed E-state index contributed by atoms with van der Waals surface area (Å²) >= 11 is 0. The van der Waals surface area contributed by atoms with Crippen LogP contribution in [0.1, 0.15) is 11.6 Å². The number of halogens is 1. The van der Waals surface area contributed by atoms with E-state index in [1.165, 1.54) is 12.1 Å². The first-order valence-electron chi connectivity index (χ1n) is 7.95. The molecule has 1 aliphatic rings. The van der Waals surface area contributed by atoms with E-state index in [2.05, 4.69) is 16.2 Å². The van der Waals surface area contributed by atoms with E-state index in [4.69, 9.17) is 4.74 Å². The minimum atomic E-state index is -0.201. The fourth-order valence-electron chi connectivity index (χ4n) is 2.80. The molecule has 1 heterocycles. The minimum absolute atomic E-state index is 0.193. The van der Waals surface area contributed by atoms with Gasteiger partial charge in [-0.1, -0.05) is 30.3 Å². The lowest BCUT2D eigenvalue weighted by atomic mass is 9.95. The van der Waals surface area contributed by atoms with Gasteiger partial charge in [0.15, 0.2) is 0 Å². The molecular weight excluding hydrogens is 293 g/mol. The molecule has 2 aromatic rings. The Hall–Kier alpha value is -1.95. The highest BCUT2D eigenvalue weighted by Gasteiger charge is 2.27. The monoisotopic (exact) mass is 315 g/mol. The Labute approximate surface area is 136 Å². The summed E-state index contributed by atoms with van der Waals surface area (Å²) in [6.07, 6.45) is 0. The summed E-state index contributed by atoms with van der Waals surface area (Å²) in [5.74, 6) is 1.10. The van der Waals surface area contributed by atoms with E-state index >= 15 is 0 Å². The standard InChI is InChI=1S/C18H22FN3O/c19-16-8-6-14(7-9-16)18-15(13-21-22-18)12-20-10-11-23-17-4-2-1-3-5-17/h1-9,15,18,20-22H,10-13H2. The second-order valence-electron chi connectivity index (χ2n) is 5.68. The van der Waals surface area contributed by atoms with Crippen molar-refractivity contribution in [3.05, 3.63) is 66.0 Å². The van der Waals surface area contributed by atoms with Crippen molar-refractivity contribution in [3.8, 4) is 5.75 Å². The zero-order valence-corrected chi connectivity index (χ0v) is 13.0. The fourth-order valence-corrected chi connectivity index (χ4v) is 2.80. The van der Waals surface area contributed by atoms with Crippen molar-refractivity contribution >= 4 is 0 Å². The number of para-hydroxylation sites is 1. The third-order valence-electron chi connectivity index (χ3n) is 4.02. The molecule has 5 heteroatoms. The average molecular weight is 315 g/mol. The molecule has 0 bridgehead atoms. The van der Waals surface area contributed by atoms with Crippen molar-refractivity contribution in [2.45, 2.75) is 6.04 Å². The summed E-state index contributed by atoms with van der Waals surface area (Å²) in [5, 5.41) is 3.43. The second kappa shape index (κ2) is 8.06. The van der Waals surface area contributed by atoms with Gasteiger partial charge < -0.3 is 10.1 Å². The third kappa shape index (κ3) is 4.51. The van der Waals surface area contributed by atoms with Gasteiger partial charge >= 0.3 is 0 Å². The first-order chi connectivity index (χ1) is 11.3. The lowest BCUT2D eigenvalue weighted by Crippen LogP contribution is -2.31. The maximum absolute atomic E-state index is 13.0. The summed E-state index contributed by atoms with van der Waals surface area (Å²) in [6, 6.07) is 16.7. The predicted molar refractivity (Wildman–Crippen MR) is 88.6 cm³/mol. The summed E-state index contributed by atoms with van der Waals surface area (Å²) in [6.45, 7) is 3.19. The molecule has 3 rings (SSSR count). The van der Waals surface area contributed by atoms with E-state index in [9.17, 15) is 4.39 Å². The summed E-state index contributed by atoms with van der Waals surface area (Å²) in [4.78, 5) is 0. The molecular formula is C18H22FN3O. The molecule has 122 valence electrons. The highest BCUT2D eigenvalue weighted by Crippen LogP contribution is 2.24. The molecule has 3 N–H and O–H groups in total. The number of ether oxygens (including phenoxy) is 1. The van der Waals surface area contributed by atoms with Crippen LogP contribution in [-0.2, 0) is 0 Å². The lowest BCUT2D eigenvalue weighted by molar-refractivity contribution is 0.307. The van der Waals surface area contributed by atoms with Gasteiger partial charge in [-0.2, -0.15) is 0 Å². The Balaban J connectivity index is 1.41. The number of hydrogen-bond acceptors (Lipinski definition) is 4. The molecule has 1 saturated heterocycles. The van der Waals surface area contributed by atoms with E-state index in [0.717, 1.165) is 30.9 Å². The number of nitrogens with one attached hydrogen (secondary N) is 3. The number of rotatable bonds is 7. The Kier molecular flexibility index (Phi) is 5.58. The molecule has 0 radical (unpaired) electrons. The highest BCUT2D eigenvalue weighted by atomic mass is 19.1. The minimum Gasteiger partial charge on any atom is -0.492 e. The highest BCUT2D eigenvalue weighted by molar-refractivity contribution is 5.22. The Morgan fingerprint density at radius 3 is 2.65 bits per heavy atom. The van der Waals surface area contributed by atoms with Gasteiger partial charge in [-0.05, 0) is 29.8 Å². The van der Waals surface area contributed by atoms with E-state index in [1.807, 2.05) is 42.5 Å². The van der Waals surface area contributed by atoms with Crippen LogP contribution in [0.5, 0.6) is 5.75 Å². The van der Waals surface area contributed by atoms with Gasteiger partial charge in [0.1, 0.15) is 18.2 Å². The van der Waals surface area contributed by atoms with Crippen LogP contribution >= 0.6 is 0 Å². The van der Waals surface area contributed by atoms with Gasteiger partial charge in [-0.25, -0.2) is 9.82 Å². The molecule has 2 unspecified atom stereocenters. The molecule has 2 aromatic carbocycles. The van der Waals surface area contributed by atoms with E-state index in [0.29, 0.717) is 12.5 Å². The van der Waals surface area contributed by atoms with Crippen molar-refractivity contribution in [2.24, 2.45) is 5.92 Å². The predicted octanol–water partition coefficient (Wildman–Crippen LogP) is 2.26. The smallest absolute Gasteiger partial charge is 0.123 e. The number of hydrazine groups is 1. The first kappa shape index (κ1) is 15.9. The molecule has 1 aliphatic heterocycles. The second-order valence-corrected chi connectivity index (χ2v) is 5.68. The molecule has 4 nitrogen and oxygen atoms in total. The van der Waals surface area contributed by atoms with Crippen LogP contribution < -0.4 is 20.9 Å². The molecule has 0 saturated carbocycles. The van der Waals surface area contributed by atoms with Gasteiger partial charge in [-0.15, -0.1) is 0 Å². The summed E-state index contributed by atoms with van der Waals surface area (Å²) in [5.41, 5.74) is 7.55. The van der Waals surface area contributed by atoms with Crippen LogP contribution in [-0.4, -0.2) is 26.2 Å². The lowest BCUT2D eigenvalue weighted by Gasteiger charge is -2.19. The zero-order chi connectivity index (χ0) is 15.9. The van der Waals surface area contributed by atoms with Gasteiger partial charge in [0, 0.05) is 25.6 Å².